The molecule has 0 radical (unpaired) electrons. The lowest BCUT2D eigenvalue weighted by Crippen LogP contribution is -2.24. The molecule has 0 N–H and O–H groups in total. The summed E-state index contributed by atoms with van der Waals surface area (Å²) < 4.78 is 1.97. The van der Waals surface area contributed by atoms with Gasteiger partial charge in [0.15, 0.2) is 0 Å². The van der Waals surface area contributed by atoms with Crippen LogP contribution in [0.4, 0.5) is 22.7 Å². The highest BCUT2D eigenvalue weighted by atomic mass is 15.3. The minimum atomic E-state index is 0.866. The first-order chi connectivity index (χ1) is 16.6. The molecule has 0 unspecified atom stereocenters. The van der Waals surface area contributed by atoms with Crippen LogP contribution < -0.4 is 9.80 Å². The SMILES string of the molecule is CC1=CN(C)CN1c1cccc(N2c3ccccc3CCc3ccc(-n4cc(C)cn4)cc32)c1. The number of hydrogen-bond donors (Lipinski definition) is 0. The van der Waals surface area contributed by atoms with E-state index < -0.39 is 0 Å². The molecule has 170 valence electrons. The fraction of sp³-hybridized carbons (Fsp3) is 0.207. The average Bonchev–Trinajstić information content (AvgIpc) is 3.38. The van der Waals surface area contributed by atoms with E-state index in [2.05, 4.69) is 120 Å². The molecule has 2 aliphatic heterocycles. The Kier molecular flexibility index (Phi) is 4.91. The predicted octanol–water partition coefficient (Wildman–Crippen LogP) is 6.32. The summed E-state index contributed by atoms with van der Waals surface area (Å²) in [4.78, 5) is 7.01. The third-order valence-corrected chi connectivity index (χ3v) is 6.78. The molecular weight excluding hydrogens is 418 g/mol. The molecule has 1 aromatic heterocycles. The number of allylic oxidation sites excluding steroid dienone is 1. The van der Waals surface area contributed by atoms with Crippen LogP contribution in [-0.2, 0) is 12.8 Å². The predicted molar refractivity (Wildman–Crippen MR) is 139 cm³/mol. The first-order valence-electron chi connectivity index (χ1n) is 11.9. The Balaban J connectivity index is 1.52. The van der Waals surface area contributed by atoms with Crippen LogP contribution in [-0.4, -0.2) is 28.4 Å². The highest BCUT2D eigenvalue weighted by Gasteiger charge is 2.24. The summed E-state index contributed by atoms with van der Waals surface area (Å²) in [5, 5.41) is 4.56. The average molecular weight is 448 g/mol. The summed E-state index contributed by atoms with van der Waals surface area (Å²) in [6.07, 6.45) is 8.22. The lowest BCUT2D eigenvalue weighted by Gasteiger charge is -2.29. The first kappa shape index (κ1) is 20.6. The Labute approximate surface area is 201 Å². The summed E-state index contributed by atoms with van der Waals surface area (Å²) in [6.45, 7) is 5.11. The van der Waals surface area contributed by atoms with Crippen molar-refractivity contribution in [3.8, 4) is 5.69 Å². The van der Waals surface area contributed by atoms with Gasteiger partial charge < -0.3 is 14.7 Å². The fourth-order valence-electron chi connectivity index (χ4n) is 5.14. The third-order valence-electron chi connectivity index (χ3n) is 6.78. The number of nitrogens with zero attached hydrogens (tertiary/aromatic N) is 5. The van der Waals surface area contributed by atoms with E-state index in [1.807, 2.05) is 10.9 Å². The summed E-state index contributed by atoms with van der Waals surface area (Å²) in [5.41, 5.74) is 11.1. The molecule has 0 saturated heterocycles. The Morgan fingerprint density at radius 2 is 1.56 bits per heavy atom. The van der Waals surface area contributed by atoms with Crippen molar-refractivity contribution in [3.05, 3.63) is 108 Å². The summed E-state index contributed by atoms with van der Waals surface area (Å²) in [7, 11) is 2.12. The molecule has 0 fully saturated rings. The molecule has 0 amide bonds. The van der Waals surface area contributed by atoms with Crippen LogP contribution in [0.15, 0.2) is 91.0 Å². The van der Waals surface area contributed by atoms with Gasteiger partial charge in [0.05, 0.1) is 24.2 Å². The van der Waals surface area contributed by atoms with Gasteiger partial charge in [-0.1, -0.05) is 30.3 Å². The van der Waals surface area contributed by atoms with Crippen molar-refractivity contribution in [1.29, 1.82) is 0 Å². The van der Waals surface area contributed by atoms with Crippen LogP contribution in [0.3, 0.4) is 0 Å². The monoisotopic (exact) mass is 447 g/mol. The van der Waals surface area contributed by atoms with Crippen molar-refractivity contribution in [2.24, 2.45) is 0 Å². The summed E-state index contributed by atoms with van der Waals surface area (Å²) >= 11 is 0. The van der Waals surface area contributed by atoms with Gasteiger partial charge in [0.25, 0.3) is 0 Å². The second-order valence-electron chi connectivity index (χ2n) is 9.36. The van der Waals surface area contributed by atoms with Crippen molar-refractivity contribution >= 4 is 22.7 Å². The number of hydrogen-bond acceptors (Lipinski definition) is 4. The van der Waals surface area contributed by atoms with Gasteiger partial charge in [0.2, 0.25) is 0 Å². The summed E-state index contributed by atoms with van der Waals surface area (Å²) in [5.74, 6) is 0. The fourth-order valence-corrected chi connectivity index (χ4v) is 5.14. The smallest absolute Gasteiger partial charge is 0.0941 e. The van der Waals surface area contributed by atoms with Gasteiger partial charge in [-0.2, -0.15) is 5.10 Å². The van der Waals surface area contributed by atoms with E-state index in [0.29, 0.717) is 0 Å². The second-order valence-corrected chi connectivity index (χ2v) is 9.36. The molecule has 0 aliphatic carbocycles. The van der Waals surface area contributed by atoms with E-state index in [0.717, 1.165) is 30.8 Å². The highest BCUT2D eigenvalue weighted by Crippen LogP contribution is 2.43. The minimum absolute atomic E-state index is 0.866. The zero-order chi connectivity index (χ0) is 23.2. The van der Waals surface area contributed by atoms with Crippen molar-refractivity contribution in [2.75, 3.05) is 23.5 Å². The largest absolute Gasteiger partial charge is 0.361 e. The zero-order valence-electron chi connectivity index (χ0n) is 19.9. The third kappa shape index (κ3) is 3.54. The molecule has 34 heavy (non-hydrogen) atoms. The van der Waals surface area contributed by atoms with E-state index in [1.165, 1.54) is 39.6 Å². The van der Waals surface area contributed by atoms with Crippen molar-refractivity contribution in [3.63, 3.8) is 0 Å². The molecule has 5 heteroatoms. The Morgan fingerprint density at radius 1 is 0.765 bits per heavy atom. The lowest BCUT2D eigenvalue weighted by atomic mass is 10.0. The molecular formula is C29H29N5. The number of aromatic nitrogens is 2. The highest BCUT2D eigenvalue weighted by molar-refractivity contribution is 5.83. The first-order valence-corrected chi connectivity index (χ1v) is 11.9. The van der Waals surface area contributed by atoms with Crippen LogP contribution in [0.2, 0.25) is 0 Å². The number of aryl methyl sites for hydroxylation is 3. The van der Waals surface area contributed by atoms with Gasteiger partial charge in [0.1, 0.15) is 0 Å². The van der Waals surface area contributed by atoms with Crippen LogP contribution in [0.1, 0.15) is 23.6 Å². The molecule has 0 atom stereocenters. The second kappa shape index (κ2) is 8.10. The molecule has 0 bridgehead atoms. The maximum absolute atomic E-state index is 4.56. The maximum Gasteiger partial charge on any atom is 0.0941 e. The van der Waals surface area contributed by atoms with E-state index >= 15 is 0 Å². The number of anilines is 4. The van der Waals surface area contributed by atoms with Gasteiger partial charge in [-0.3, -0.25) is 0 Å². The van der Waals surface area contributed by atoms with Gasteiger partial charge in [-0.15, -0.1) is 0 Å². The molecule has 3 heterocycles. The minimum Gasteiger partial charge on any atom is -0.361 e. The quantitative estimate of drug-likeness (QED) is 0.367. The molecule has 6 rings (SSSR count). The Morgan fingerprint density at radius 3 is 2.32 bits per heavy atom. The van der Waals surface area contributed by atoms with Crippen molar-refractivity contribution in [1.82, 2.24) is 14.7 Å². The standard InChI is InChI=1S/C29H29N5/c1-21-17-30-33(18-21)26-14-13-24-12-11-23-7-4-5-10-28(23)34(29(24)16-26)27-9-6-8-25(15-27)32-20-31(3)19-22(32)2/h4-10,13-19H,11-12,20H2,1-3H3. The van der Waals surface area contributed by atoms with Crippen LogP contribution in [0.25, 0.3) is 5.69 Å². The van der Waals surface area contributed by atoms with Crippen LogP contribution >= 0.6 is 0 Å². The summed E-state index contributed by atoms with van der Waals surface area (Å²) in [6, 6.07) is 24.4. The molecule has 2 aliphatic rings. The van der Waals surface area contributed by atoms with Crippen molar-refractivity contribution in [2.45, 2.75) is 26.7 Å². The normalized spacial score (nSPS) is 15.1. The maximum atomic E-state index is 4.56. The van der Waals surface area contributed by atoms with Gasteiger partial charge >= 0.3 is 0 Å². The Hall–Kier alpha value is -3.99. The molecule has 0 spiro atoms. The van der Waals surface area contributed by atoms with Crippen LogP contribution in [0.5, 0.6) is 0 Å². The van der Waals surface area contributed by atoms with E-state index in [1.54, 1.807) is 0 Å². The van der Waals surface area contributed by atoms with E-state index in [-0.39, 0.29) is 0 Å². The number of para-hydroxylation sites is 1. The number of fused-ring (bicyclic) bond motifs is 2. The molecule has 0 saturated carbocycles. The van der Waals surface area contributed by atoms with Gasteiger partial charge in [0, 0.05) is 42.2 Å². The van der Waals surface area contributed by atoms with Crippen molar-refractivity contribution < 1.29 is 0 Å². The lowest BCUT2D eigenvalue weighted by molar-refractivity contribution is 0.495. The number of benzene rings is 3. The van der Waals surface area contributed by atoms with Crippen LogP contribution in [0, 0.1) is 6.92 Å². The zero-order valence-corrected chi connectivity index (χ0v) is 19.9. The van der Waals surface area contributed by atoms with E-state index in [4.69, 9.17) is 0 Å². The van der Waals surface area contributed by atoms with E-state index in [9.17, 15) is 0 Å². The molecule has 3 aromatic carbocycles. The molecule has 4 aromatic rings. The number of rotatable bonds is 3. The van der Waals surface area contributed by atoms with Gasteiger partial charge in [-0.05, 0) is 79.8 Å². The Bertz CT molecular complexity index is 1400. The topological polar surface area (TPSA) is 27.5 Å². The molecule has 5 nitrogen and oxygen atoms in total. The van der Waals surface area contributed by atoms with Gasteiger partial charge in [-0.25, -0.2) is 4.68 Å².